The molecule has 1 aliphatic rings. The molecule has 0 N–H and O–H groups in total. The Labute approximate surface area is 133 Å². The number of nitrogens with zero attached hydrogens (tertiary/aromatic N) is 6. The molecule has 1 aliphatic heterocycles. The third kappa shape index (κ3) is 2.46. The van der Waals surface area contributed by atoms with Crippen LogP contribution < -0.4 is 15.1 Å². The fourth-order valence-corrected chi connectivity index (χ4v) is 2.37. The molecule has 0 atom stereocenters. The summed E-state index contributed by atoms with van der Waals surface area (Å²) in [5, 5.41) is 5.78. The van der Waals surface area contributed by atoms with E-state index in [1.807, 2.05) is 82.1 Å². The lowest BCUT2D eigenvalue weighted by molar-refractivity contribution is 0.820. The van der Waals surface area contributed by atoms with Crippen molar-refractivity contribution in [3.63, 3.8) is 0 Å². The molecule has 0 radical (unpaired) electrons. The molecule has 0 spiro atoms. The van der Waals surface area contributed by atoms with E-state index in [1.165, 1.54) is 0 Å². The first-order valence-corrected chi connectivity index (χ1v) is 7.23. The third-order valence-electron chi connectivity index (χ3n) is 3.38. The lowest BCUT2D eigenvalue weighted by Crippen LogP contribution is -2.46. The van der Waals surface area contributed by atoms with Crippen molar-refractivity contribution >= 4 is 17.5 Å². The Morgan fingerprint density at radius 2 is 0.957 bits per heavy atom. The van der Waals surface area contributed by atoms with Crippen molar-refractivity contribution in [1.82, 2.24) is 15.0 Å². The van der Waals surface area contributed by atoms with Gasteiger partial charge in [-0.1, -0.05) is 18.2 Å². The molecule has 23 heavy (non-hydrogen) atoms. The summed E-state index contributed by atoms with van der Waals surface area (Å²) >= 11 is 0. The smallest absolute Gasteiger partial charge is 0.171 e. The van der Waals surface area contributed by atoms with Crippen molar-refractivity contribution in [3.05, 3.63) is 85.6 Å². The minimum Gasteiger partial charge on any atom is -0.237 e. The predicted octanol–water partition coefficient (Wildman–Crippen LogP) is 3.01. The summed E-state index contributed by atoms with van der Waals surface area (Å²) in [6.07, 6.45) is 9.17. The summed E-state index contributed by atoms with van der Waals surface area (Å²) in [7, 11) is 0. The van der Waals surface area contributed by atoms with E-state index in [0.29, 0.717) is 0 Å². The number of hydrazine groups is 2. The molecule has 0 saturated carbocycles. The Kier molecular flexibility index (Phi) is 3.32. The van der Waals surface area contributed by atoms with Gasteiger partial charge in [0.25, 0.3) is 0 Å². The van der Waals surface area contributed by atoms with Crippen molar-refractivity contribution < 1.29 is 0 Å². The zero-order valence-electron chi connectivity index (χ0n) is 12.3. The van der Waals surface area contributed by atoms with Gasteiger partial charge in [0.05, 0.1) is 0 Å². The highest BCUT2D eigenvalue weighted by Crippen LogP contribution is 2.29. The van der Waals surface area contributed by atoms with Gasteiger partial charge in [-0.05, 0) is 36.4 Å². The molecule has 3 aromatic rings. The molecule has 4 heterocycles. The van der Waals surface area contributed by atoms with Gasteiger partial charge in [0.1, 0.15) is 0 Å². The van der Waals surface area contributed by atoms with E-state index < -0.39 is 0 Å². The Morgan fingerprint density at radius 3 is 1.35 bits per heavy atom. The molecular formula is C17H14N6. The maximum Gasteiger partial charge on any atom is 0.171 e. The van der Waals surface area contributed by atoms with Crippen LogP contribution in [-0.2, 0) is 0 Å². The summed E-state index contributed by atoms with van der Waals surface area (Å²) in [6.45, 7) is 0. The summed E-state index contributed by atoms with van der Waals surface area (Å²) < 4.78 is 0. The molecule has 0 saturated heterocycles. The van der Waals surface area contributed by atoms with Crippen molar-refractivity contribution in [2.75, 3.05) is 15.1 Å². The Hall–Kier alpha value is -3.41. The van der Waals surface area contributed by atoms with Gasteiger partial charge in [-0.3, -0.25) is 0 Å². The fraction of sp³-hybridized carbons (Fsp3) is 0. The normalized spacial score (nSPS) is 13.7. The summed E-state index contributed by atoms with van der Waals surface area (Å²) in [4.78, 5) is 13.3. The second-order valence-corrected chi connectivity index (χ2v) is 4.84. The van der Waals surface area contributed by atoms with Gasteiger partial charge in [0, 0.05) is 31.0 Å². The van der Waals surface area contributed by atoms with Crippen LogP contribution in [0.3, 0.4) is 0 Å². The maximum atomic E-state index is 4.46. The van der Waals surface area contributed by atoms with Crippen LogP contribution in [0.25, 0.3) is 0 Å². The molecule has 3 aromatic heterocycles. The number of hydrogen-bond donors (Lipinski definition) is 0. The van der Waals surface area contributed by atoms with Crippen molar-refractivity contribution in [3.8, 4) is 0 Å². The maximum absolute atomic E-state index is 4.46. The molecule has 0 unspecified atom stereocenters. The molecule has 0 bridgehead atoms. The Balaban J connectivity index is 1.78. The van der Waals surface area contributed by atoms with Crippen LogP contribution >= 0.6 is 0 Å². The monoisotopic (exact) mass is 302 g/mol. The predicted molar refractivity (Wildman–Crippen MR) is 89.3 cm³/mol. The van der Waals surface area contributed by atoms with E-state index in [0.717, 1.165) is 17.5 Å². The second-order valence-electron chi connectivity index (χ2n) is 4.84. The third-order valence-corrected chi connectivity index (χ3v) is 3.38. The van der Waals surface area contributed by atoms with Gasteiger partial charge >= 0.3 is 0 Å². The second kappa shape index (κ2) is 5.76. The van der Waals surface area contributed by atoms with Crippen LogP contribution in [-0.4, -0.2) is 15.0 Å². The highest BCUT2D eigenvalue weighted by Gasteiger charge is 2.28. The number of aromatic nitrogens is 3. The standard InChI is InChI=1S/C17H14N6/c1-4-10-18-15(7-1)21-13-14-22(16-8-2-5-11-19-16)23(21)17-9-3-6-12-20-17/h1-14H. The van der Waals surface area contributed by atoms with Crippen LogP contribution in [0.1, 0.15) is 0 Å². The first-order chi connectivity index (χ1) is 11.4. The van der Waals surface area contributed by atoms with Gasteiger partial charge in [-0.2, -0.15) is 5.12 Å². The lowest BCUT2D eigenvalue weighted by Gasteiger charge is -2.34. The minimum absolute atomic E-state index is 0.772. The molecule has 0 aromatic carbocycles. The average molecular weight is 302 g/mol. The first-order valence-electron chi connectivity index (χ1n) is 7.23. The van der Waals surface area contributed by atoms with Crippen LogP contribution in [0.4, 0.5) is 17.5 Å². The summed E-state index contributed by atoms with van der Waals surface area (Å²) in [5.41, 5.74) is 0. The number of anilines is 3. The van der Waals surface area contributed by atoms with Gasteiger partial charge in [-0.25, -0.2) is 25.0 Å². The van der Waals surface area contributed by atoms with Gasteiger partial charge < -0.3 is 0 Å². The number of rotatable bonds is 3. The molecule has 6 nitrogen and oxygen atoms in total. The fourth-order valence-electron chi connectivity index (χ4n) is 2.37. The van der Waals surface area contributed by atoms with Crippen LogP contribution in [0.2, 0.25) is 0 Å². The van der Waals surface area contributed by atoms with Crippen molar-refractivity contribution in [2.45, 2.75) is 0 Å². The van der Waals surface area contributed by atoms with Crippen LogP contribution in [0.5, 0.6) is 0 Å². The lowest BCUT2D eigenvalue weighted by atomic mass is 10.4. The molecular weight excluding hydrogens is 288 g/mol. The Morgan fingerprint density at radius 1 is 0.522 bits per heavy atom. The molecule has 0 fully saturated rings. The van der Waals surface area contributed by atoms with E-state index in [2.05, 4.69) is 15.0 Å². The molecule has 0 amide bonds. The van der Waals surface area contributed by atoms with Gasteiger partial charge in [-0.15, -0.1) is 0 Å². The SMILES string of the molecule is C1=CN(c2ccccn2)N(c2ccccn2)N1c1ccccn1. The number of hydrogen-bond acceptors (Lipinski definition) is 6. The Bertz CT molecular complexity index is 742. The molecule has 6 heteroatoms. The van der Waals surface area contributed by atoms with Crippen LogP contribution in [0.15, 0.2) is 85.6 Å². The minimum atomic E-state index is 0.772. The van der Waals surface area contributed by atoms with Crippen molar-refractivity contribution in [1.29, 1.82) is 0 Å². The van der Waals surface area contributed by atoms with E-state index in [-0.39, 0.29) is 0 Å². The van der Waals surface area contributed by atoms with Crippen LogP contribution in [0, 0.1) is 0 Å². The van der Waals surface area contributed by atoms with Gasteiger partial charge in [0.2, 0.25) is 0 Å². The van der Waals surface area contributed by atoms with E-state index in [9.17, 15) is 0 Å². The topological polar surface area (TPSA) is 48.4 Å². The zero-order chi connectivity index (χ0) is 15.5. The largest absolute Gasteiger partial charge is 0.237 e. The first kappa shape index (κ1) is 13.3. The average Bonchev–Trinajstić information content (AvgIpc) is 3.09. The van der Waals surface area contributed by atoms with E-state index in [1.54, 1.807) is 18.6 Å². The van der Waals surface area contributed by atoms with E-state index in [4.69, 9.17) is 0 Å². The van der Waals surface area contributed by atoms with Crippen molar-refractivity contribution in [2.24, 2.45) is 0 Å². The number of pyridine rings is 3. The molecule has 0 aliphatic carbocycles. The van der Waals surface area contributed by atoms with Gasteiger partial charge in [0.15, 0.2) is 17.5 Å². The summed E-state index contributed by atoms with van der Waals surface area (Å²) in [6, 6.07) is 17.4. The quantitative estimate of drug-likeness (QED) is 0.741. The van der Waals surface area contributed by atoms with E-state index >= 15 is 0 Å². The summed E-state index contributed by atoms with van der Waals surface area (Å²) in [5.74, 6) is 2.37. The highest BCUT2D eigenvalue weighted by molar-refractivity contribution is 5.65. The highest BCUT2D eigenvalue weighted by atomic mass is 15.9. The zero-order valence-corrected chi connectivity index (χ0v) is 12.3. The molecule has 112 valence electrons. The molecule has 4 rings (SSSR count).